The number of nitrogens with one attached hydrogen (secondary N) is 1. The molecule has 0 unspecified atom stereocenters. The molecule has 0 aromatic carbocycles. The number of aromatic nitrogens is 2. The highest BCUT2D eigenvalue weighted by molar-refractivity contribution is 5.31. The van der Waals surface area contributed by atoms with Crippen LogP contribution in [-0.2, 0) is 4.74 Å². The largest absolute Gasteiger partial charge is 0.411 e. The molecule has 0 saturated heterocycles. The Morgan fingerprint density at radius 1 is 1.47 bits per heavy atom. The zero-order valence-electron chi connectivity index (χ0n) is 10.1. The van der Waals surface area contributed by atoms with Crippen LogP contribution in [-0.4, -0.2) is 35.5 Å². The van der Waals surface area contributed by atoms with E-state index in [2.05, 4.69) is 15.0 Å². The lowest BCUT2D eigenvalue weighted by atomic mass is 10.5. The van der Waals surface area contributed by atoms with Crippen LogP contribution >= 0.6 is 0 Å². The van der Waals surface area contributed by atoms with Gasteiger partial charge in [-0.15, -0.1) is 0 Å². The number of hydrogen-bond acceptors (Lipinski definition) is 4. The molecule has 1 N–H and O–H groups in total. The number of ether oxygens (including phenoxy) is 1. The van der Waals surface area contributed by atoms with Crippen LogP contribution in [0, 0.1) is 0 Å². The maximum absolute atomic E-state index is 11.9. The van der Waals surface area contributed by atoms with Crippen LogP contribution in [0.4, 0.5) is 19.0 Å². The molecule has 1 saturated carbocycles. The highest BCUT2D eigenvalue weighted by Crippen LogP contribution is 2.33. The van der Waals surface area contributed by atoms with Crippen molar-refractivity contribution in [2.75, 3.05) is 25.1 Å². The molecule has 1 aromatic rings. The third-order valence-electron chi connectivity index (χ3n) is 2.61. The van der Waals surface area contributed by atoms with E-state index in [4.69, 9.17) is 0 Å². The second kappa shape index (κ2) is 5.60. The molecule has 8 heteroatoms. The summed E-state index contributed by atoms with van der Waals surface area (Å²) >= 11 is 0. The summed E-state index contributed by atoms with van der Waals surface area (Å²) in [7, 11) is 0. The molecule has 1 aromatic heterocycles. The molecule has 0 spiro atoms. The van der Waals surface area contributed by atoms with Gasteiger partial charge in [0.1, 0.15) is 6.61 Å². The molecule has 19 heavy (non-hydrogen) atoms. The van der Waals surface area contributed by atoms with Crippen molar-refractivity contribution in [2.24, 2.45) is 0 Å². The molecule has 0 bridgehead atoms. The molecule has 106 valence electrons. The SMILES string of the molecule is O=c1c(NCCOCC(F)(F)F)nccn1C1CC1. The van der Waals surface area contributed by atoms with E-state index >= 15 is 0 Å². The summed E-state index contributed by atoms with van der Waals surface area (Å²) in [5, 5.41) is 2.69. The monoisotopic (exact) mass is 277 g/mol. The van der Waals surface area contributed by atoms with Gasteiger partial charge in [0.15, 0.2) is 5.82 Å². The summed E-state index contributed by atoms with van der Waals surface area (Å²) < 4.78 is 41.4. The average Bonchev–Trinajstić information content (AvgIpc) is 3.13. The van der Waals surface area contributed by atoms with Crippen LogP contribution in [0.15, 0.2) is 17.2 Å². The fourth-order valence-corrected chi connectivity index (χ4v) is 1.62. The minimum atomic E-state index is -4.33. The van der Waals surface area contributed by atoms with Crippen molar-refractivity contribution in [1.82, 2.24) is 9.55 Å². The Labute approximate surface area is 107 Å². The number of anilines is 1. The van der Waals surface area contributed by atoms with E-state index in [9.17, 15) is 18.0 Å². The molecule has 0 aliphatic heterocycles. The van der Waals surface area contributed by atoms with E-state index < -0.39 is 12.8 Å². The fourth-order valence-electron chi connectivity index (χ4n) is 1.62. The van der Waals surface area contributed by atoms with E-state index in [-0.39, 0.29) is 30.6 Å². The minimum absolute atomic E-state index is 0.104. The summed E-state index contributed by atoms with van der Waals surface area (Å²) in [6, 6.07) is 0.234. The van der Waals surface area contributed by atoms with Gasteiger partial charge in [-0.2, -0.15) is 13.2 Å². The molecule has 5 nitrogen and oxygen atoms in total. The van der Waals surface area contributed by atoms with Crippen molar-refractivity contribution in [2.45, 2.75) is 25.1 Å². The van der Waals surface area contributed by atoms with Crippen molar-refractivity contribution in [3.05, 3.63) is 22.7 Å². The van der Waals surface area contributed by atoms with Gasteiger partial charge in [0.05, 0.1) is 6.61 Å². The van der Waals surface area contributed by atoms with E-state index in [1.54, 1.807) is 10.8 Å². The summed E-state index contributed by atoms with van der Waals surface area (Å²) in [6.07, 6.45) is 0.726. The third kappa shape index (κ3) is 4.23. The van der Waals surface area contributed by atoms with Gasteiger partial charge in [-0.05, 0) is 12.8 Å². The van der Waals surface area contributed by atoms with Gasteiger partial charge in [-0.25, -0.2) is 4.98 Å². The molecule has 2 rings (SSSR count). The Balaban J connectivity index is 1.80. The molecule has 0 atom stereocenters. The predicted molar refractivity (Wildman–Crippen MR) is 62.1 cm³/mol. The third-order valence-corrected chi connectivity index (χ3v) is 2.61. The molecule has 0 radical (unpaired) electrons. The molecule has 1 heterocycles. The summed E-state index contributed by atoms with van der Waals surface area (Å²) in [5.74, 6) is 0.144. The van der Waals surface area contributed by atoms with Crippen molar-refractivity contribution in [3.8, 4) is 0 Å². The number of halogens is 3. The van der Waals surface area contributed by atoms with Gasteiger partial charge in [-0.3, -0.25) is 4.79 Å². The molecule has 0 amide bonds. The van der Waals surface area contributed by atoms with Gasteiger partial charge in [-0.1, -0.05) is 0 Å². The van der Waals surface area contributed by atoms with Crippen molar-refractivity contribution >= 4 is 5.82 Å². The van der Waals surface area contributed by atoms with Crippen LogP contribution in [0.1, 0.15) is 18.9 Å². The Hall–Kier alpha value is -1.57. The first kappa shape index (κ1) is 13.9. The highest BCUT2D eigenvalue weighted by Gasteiger charge is 2.27. The summed E-state index contributed by atoms with van der Waals surface area (Å²) in [6.45, 7) is -1.32. The summed E-state index contributed by atoms with van der Waals surface area (Å²) in [4.78, 5) is 15.8. The quantitative estimate of drug-likeness (QED) is 0.802. The first-order chi connectivity index (χ1) is 8.97. The van der Waals surface area contributed by atoms with Crippen molar-refractivity contribution in [1.29, 1.82) is 0 Å². The minimum Gasteiger partial charge on any atom is -0.370 e. The average molecular weight is 277 g/mol. The van der Waals surface area contributed by atoms with Crippen LogP contribution in [0.2, 0.25) is 0 Å². The Morgan fingerprint density at radius 2 is 2.21 bits per heavy atom. The van der Waals surface area contributed by atoms with E-state index in [1.165, 1.54) is 6.20 Å². The molecule has 1 fully saturated rings. The van der Waals surface area contributed by atoms with Gasteiger partial charge in [0, 0.05) is 25.0 Å². The lowest BCUT2D eigenvalue weighted by Crippen LogP contribution is -2.26. The molecular weight excluding hydrogens is 263 g/mol. The first-order valence-corrected chi connectivity index (χ1v) is 5.93. The van der Waals surface area contributed by atoms with Gasteiger partial charge < -0.3 is 14.6 Å². The molecular formula is C11H14F3N3O2. The number of hydrogen-bond donors (Lipinski definition) is 1. The zero-order chi connectivity index (χ0) is 13.9. The van der Waals surface area contributed by atoms with Crippen LogP contribution in [0.25, 0.3) is 0 Å². The van der Waals surface area contributed by atoms with Crippen LogP contribution in [0.5, 0.6) is 0 Å². The van der Waals surface area contributed by atoms with Crippen molar-refractivity contribution < 1.29 is 17.9 Å². The summed E-state index contributed by atoms with van der Waals surface area (Å²) in [5.41, 5.74) is -0.249. The predicted octanol–water partition coefficient (Wildman–Crippen LogP) is 1.57. The lowest BCUT2D eigenvalue weighted by Gasteiger charge is -2.09. The zero-order valence-corrected chi connectivity index (χ0v) is 10.1. The number of nitrogens with zero attached hydrogens (tertiary/aromatic N) is 2. The second-order valence-electron chi connectivity index (χ2n) is 4.31. The Kier molecular flexibility index (Phi) is 4.08. The fraction of sp³-hybridized carbons (Fsp3) is 0.636. The van der Waals surface area contributed by atoms with Gasteiger partial charge >= 0.3 is 6.18 Å². The first-order valence-electron chi connectivity index (χ1n) is 5.93. The van der Waals surface area contributed by atoms with Crippen LogP contribution in [0.3, 0.4) is 0 Å². The Bertz CT molecular complexity index is 483. The topological polar surface area (TPSA) is 56.1 Å². The van der Waals surface area contributed by atoms with Gasteiger partial charge in [0.2, 0.25) is 0 Å². The number of alkyl halides is 3. The van der Waals surface area contributed by atoms with E-state index in [0.29, 0.717) is 0 Å². The smallest absolute Gasteiger partial charge is 0.370 e. The molecule has 1 aliphatic carbocycles. The van der Waals surface area contributed by atoms with Crippen molar-refractivity contribution in [3.63, 3.8) is 0 Å². The lowest BCUT2D eigenvalue weighted by molar-refractivity contribution is -0.172. The van der Waals surface area contributed by atoms with Crippen LogP contribution < -0.4 is 10.9 Å². The van der Waals surface area contributed by atoms with E-state index in [1.807, 2.05) is 0 Å². The maximum Gasteiger partial charge on any atom is 0.411 e. The Morgan fingerprint density at radius 3 is 2.84 bits per heavy atom. The van der Waals surface area contributed by atoms with E-state index in [0.717, 1.165) is 12.8 Å². The normalized spacial score (nSPS) is 15.5. The number of rotatable bonds is 6. The standard InChI is InChI=1S/C11H14F3N3O2/c12-11(13,14)7-19-6-4-16-9-10(18)17(5-3-15-9)8-1-2-8/h3,5,8H,1-2,4,6-7H2,(H,15,16). The molecule has 1 aliphatic rings. The second-order valence-corrected chi connectivity index (χ2v) is 4.31. The maximum atomic E-state index is 11.9. The van der Waals surface area contributed by atoms with Gasteiger partial charge in [0.25, 0.3) is 5.56 Å². The highest BCUT2D eigenvalue weighted by atomic mass is 19.4.